The van der Waals surface area contributed by atoms with Crippen molar-refractivity contribution in [1.29, 1.82) is 0 Å². The molecule has 2 atom stereocenters. The zero-order chi connectivity index (χ0) is 17.4. The molecule has 23 heavy (non-hydrogen) atoms. The number of piperidine rings is 1. The van der Waals surface area contributed by atoms with Crippen LogP contribution in [0.5, 0.6) is 0 Å². The van der Waals surface area contributed by atoms with Gasteiger partial charge in [-0.2, -0.15) is 0 Å². The normalized spacial score (nSPS) is 22.1. The van der Waals surface area contributed by atoms with Gasteiger partial charge in [-0.3, -0.25) is 4.79 Å². The molecule has 0 aliphatic carbocycles. The maximum absolute atomic E-state index is 12.3. The van der Waals surface area contributed by atoms with E-state index >= 15 is 0 Å². The Morgan fingerprint density at radius 1 is 1.22 bits per heavy atom. The van der Waals surface area contributed by atoms with Crippen LogP contribution in [-0.2, 0) is 4.79 Å². The molecular formula is C19H31N3O. The molecule has 0 aromatic heterocycles. The van der Waals surface area contributed by atoms with E-state index in [2.05, 4.69) is 31.0 Å². The summed E-state index contributed by atoms with van der Waals surface area (Å²) in [6.07, 6.45) is 3.69. The molecule has 1 aliphatic rings. The van der Waals surface area contributed by atoms with Crippen molar-refractivity contribution in [1.82, 2.24) is 0 Å². The number of hydrogen-bond donors (Lipinski definition) is 2. The second-order valence-electron chi connectivity index (χ2n) is 7.97. The predicted octanol–water partition coefficient (Wildman–Crippen LogP) is 4.33. The molecule has 3 N–H and O–H groups in total. The summed E-state index contributed by atoms with van der Waals surface area (Å²) in [7, 11) is 0. The number of rotatable bonds is 2. The van der Waals surface area contributed by atoms with Gasteiger partial charge in [-0.05, 0) is 57.7 Å². The van der Waals surface area contributed by atoms with Crippen LogP contribution in [0.3, 0.4) is 0 Å². The van der Waals surface area contributed by atoms with Crippen LogP contribution in [0.1, 0.15) is 59.4 Å². The Bertz CT molecular complexity index is 579. The molecule has 0 radical (unpaired) electrons. The van der Waals surface area contributed by atoms with Crippen LogP contribution in [-0.4, -0.2) is 18.0 Å². The van der Waals surface area contributed by atoms with Crippen LogP contribution in [0, 0.1) is 12.3 Å². The van der Waals surface area contributed by atoms with Crippen LogP contribution in [0.25, 0.3) is 0 Å². The Morgan fingerprint density at radius 3 is 2.30 bits per heavy atom. The maximum Gasteiger partial charge on any atom is 0.229 e. The topological polar surface area (TPSA) is 58.4 Å². The first-order valence-corrected chi connectivity index (χ1v) is 8.61. The van der Waals surface area contributed by atoms with E-state index in [1.807, 2.05) is 32.9 Å². The highest BCUT2D eigenvalue weighted by atomic mass is 16.2. The minimum Gasteiger partial charge on any atom is -0.397 e. The number of amides is 1. The van der Waals surface area contributed by atoms with E-state index in [1.165, 1.54) is 24.9 Å². The van der Waals surface area contributed by atoms with Crippen molar-refractivity contribution in [3.63, 3.8) is 0 Å². The van der Waals surface area contributed by atoms with Gasteiger partial charge >= 0.3 is 0 Å². The van der Waals surface area contributed by atoms with Crippen molar-refractivity contribution in [2.24, 2.45) is 5.41 Å². The van der Waals surface area contributed by atoms with Gasteiger partial charge < -0.3 is 16.0 Å². The molecular weight excluding hydrogens is 286 g/mol. The van der Waals surface area contributed by atoms with Crippen molar-refractivity contribution < 1.29 is 4.79 Å². The Kier molecular flexibility index (Phi) is 4.92. The van der Waals surface area contributed by atoms with Crippen molar-refractivity contribution >= 4 is 23.0 Å². The molecule has 1 heterocycles. The van der Waals surface area contributed by atoms with Gasteiger partial charge in [0.05, 0.1) is 11.4 Å². The quantitative estimate of drug-likeness (QED) is 0.798. The third-order valence-corrected chi connectivity index (χ3v) is 4.77. The minimum atomic E-state index is -0.441. The van der Waals surface area contributed by atoms with E-state index in [1.54, 1.807) is 0 Å². The summed E-state index contributed by atoms with van der Waals surface area (Å²) in [5, 5.41) is 3.00. The number of nitrogens with two attached hydrogens (primary N) is 1. The van der Waals surface area contributed by atoms with Gasteiger partial charge in [0.2, 0.25) is 5.91 Å². The van der Waals surface area contributed by atoms with E-state index in [4.69, 9.17) is 5.73 Å². The lowest BCUT2D eigenvalue weighted by Gasteiger charge is -2.42. The van der Waals surface area contributed by atoms with Crippen LogP contribution < -0.4 is 16.0 Å². The summed E-state index contributed by atoms with van der Waals surface area (Å²) in [6, 6.07) is 5.04. The SMILES string of the molecule is Cc1cc(N)c(NC(=O)C(C)(C)C)cc1N1C(C)CCCC1C. The highest BCUT2D eigenvalue weighted by Gasteiger charge is 2.27. The number of nitrogens with one attached hydrogen (secondary N) is 1. The molecule has 0 saturated carbocycles. The molecule has 1 saturated heterocycles. The molecule has 0 spiro atoms. The number of nitrogen functional groups attached to an aromatic ring is 1. The number of benzene rings is 1. The lowest BCUT2D eigenvalue weighted by atomic mass is 9.94. The summed E-state index contributed by atoms with van der Waals surface area (Å²) < 4.78 is 0. The maximum atomic E-state index is 12.3. The summed E-state index contributed by atoms with van der Waals surface area (Å²) in [5.74, 6) is -0.0151. The Hall–Kier alpha value is -1.71. The molecule has 0 bridgehead atoms. The van der Waals surface area contributed by atoms with Crippen LogP contribution >= 0.6 is 0 Å². The number of anilines is 3. The van der Waals surface area contributed by atoms with Gasteiger partial charge in [0.25, 0.3) is 0 Å². The molecule has 128 valence electrons. The van der Waals surface area contributed by atoms with E-state index in [-0.39, 0.29) is 5.91 Å². The molecule has 1 aliphatic heterocycles. The zero-order valence-electron chi connectivity index (χ0n) is 15.4. The Labute approximate surface area is 140 Å². The molecule has 4 heteroatoms. The molecule has 2 rings (SSSR count). The average molecular weight is 317 g/mol. The Morgan fingerprint density at radius 2 is 1.78 bits per heavy atom. The first-order chi connectivity index (χ1) is 10.6. The van der Waals surface area contributed by atoms with Crippen molar-refractivity contribution in [2.45, 2.75) is 72.9 Å². The lowest BCUT2D eigenvalue weighted by Crippen LogP contribution is -2.44. The number of hydrogen-bond acceptors (Lipinski definition) is 3. The first-order valence-electron chi connectivity index (χ1n) is 8.61. The van der Waals surface area contributed by atoms with E-state index in [0.29, 0.717) is 17.8 Å². The highest BCUT2D eigenvalue weighted by Crippen LogP contribution is 2.36. The van der Waals surface area contributed by atoms with Gasteiger partial charge in [0.15, 0.2) is 0 Å². The summed E-state index contributed by atoms with van der Waals surface area (Å²) in [4.78, 5) is 14.8. The molecule has 2 unspecified atom stereocenters. The average Bonchev–Trinajstić information content (AvgIpc) is 2.42. The fraction of sp³-hybridized carbons (Fsp3) is 0.632. The molecule has 1 aromatic carbocycles. The van der Waals surface area contributed by atoms with Crippen LogP contribution in [0.15, 0.2) is 12.1 Å². The smallest absolute Gasteiger partial charge is 0.229 e. The third kappa shape index (κ3) is 3.80. The standard InChI is InChI=1S/C19H31N3O/c1-12-10-15(20)16(21-18(23)19(4,5)6)11-17(12)22-13(2)8-7-9-14(22)3/h10-11,13-14H,7-9,20H2,1-6H3,(H,21,23). The molecule has 1 aromatic rings. The van der Waals surface area contributed by atoms with Crippen molar-refractivity contribution in [2.75, 3.05) is 16.0 Å². The number of nitrogens with zero attached hydrogens (tertiary/aromatic N) is 1. The zero-order valence-corrected chi connectivity index (χ0v) is 15.4. The number of aryl methyl sites for hydroxylation is 1. The van der Waals surface area contributed by atoms with Gasteiger partial charge in [-0.25, -0.2) is 0 Å². The number of carbonyl (C=O) groups excluding carboxylic acids is 1. The number of carbonyl (C=O) groups is 1. The summed E-state index contributed by atoms with van der Waals surface area (Å²) >= 11 is 0. The lowest BCUT2D eigenvalue weighted by molar-refractivity contribution is -0.123. The van der Waals surface area contributed by atoms with E-state index in [0.717, 1.165) is 11.3 Å². The van der Waals surface area contributed by atoms with E-state index in [9.17, 15) is 4.79 Å². The van der Waals surface area contributed by atoms with Gasteiger partial charge in [-0.1, -0.05) is 20.8 Å². The van der Waals surface area contributed by atoms with Gasteiger partial charge in [0, 0.05) is 23.2 Å². The monoisotopic (exact) mass is 317 g/mol. The fourth-order valence-electron chi connectivity index (χ4n) is 3.31. The Balaban J connectivity index is 2.38. The first kappa shape index (κ1) is 17.6. The minimum absolute atomic E-state index is 0.0151. The van der Waals surface area contributed by atoms with E-state index < -0.39 is 5.41 Å². The third-order valence-electron chi connectivity index (χ3n) is 4.77. The molecule has 1 amide bonds. The molecule has 1 fully saturated rings. The fourth-order valence-corrected chi connectivity index (χ4v) is 3.31. The summed E-state index contributed by atoms with van der Waals surface area (Å²) in [5.41, 5.74) is 9.40. The largest absolute Gasteiger partial charge is 0.397 e. The second kappa shape index (κ2) is 6.42. The van der Waals surface area contributed by atoms with Crippen molar-refractivity contribution in [3.8, 4) is 0 Å². The molecule has 4 nitrogen and oxygen atoms in total. The summed E-state index contributed by atoms with van der Waals surface area (Å²) in [6.45, 7) is 12.4. The van der Waals surface area contributed by atoms with Crippen molar-refractivity contribution in [3.05, 3.63) is 17.7 Å². The van der Waals surface area contributed by atoms with Gasteiger partial charge in [-0.15, -0.1) is 0 Å². The highest BCUT2D eigenvalue weighted by molar-refractivity contribution is 5.98. The van der Waals surface area contributed by atoms with Gasteiger partial charge in [0.1, 0.15) is 0 Å². The predicted molar refractivity (Wildman–Crippen MR) is 98.9 cm³/mol. The van der Waals surface area contributed by atoms with Crippen LogP contribution in [0.2, 0.25) is 0 Å². The second-order valence-corrected chi connectivity index (χ2v) is 7.97. The van der Waals surface area contributed by atoms with Crippen LogP contribution in [0.4, 0.5) is 17.1 Å².